The van der Waals surface area contributed by atoms with Crippen molar-refractivity contribution < 1.29 is 9.90 Å². The number of carbonyl (C=O) groups excluding carboxylic acids is 1. The van der Waals surface area contributed by atoms with Gasteiger partial charge in [0.25, 0.3) is 0 Å². The molecule has 0 spiro atoms. The summed E-state index contributed by atoms with van der Waals surface area (Å²) in [5.41, 5.74) is 5.35. The van der Waals surface area contributed by atoms with Gasteiger partial charge >= 0.3 is 0 Å². The maximum absolute atomic E-state index is 11.0. The van der Waals surface area contributed by atoms with Crippen LogP contribution in [0.3, 0.4) is 0 Å². The Morgan fingerprint density at radius 3 is 2.18 bits per heavy atom. The number of hydrogen-bond acceptors (Lipinski definition) is 3. The SMILES string of the molecule is CC(C)NC(=O)[C@@H](N)[C@@H](C)O. The van der Waals surface area contributed by atoms with Crippen LogP contribution >= 0.6 is 0 Å². The molecule has 0 aliphatic carbocycles. The van der Waals surface area contributed by atoms with E-state index in [4.69, 9.17) is 10.8 Å². The van der Waals surface area contributed by atoms with E-state index in [1.165, 1.54) is 6.92 Å². The lowest BCUT2D eigenvalue weighted by molar-refractivity contribution is -0.124. The highest BCUT2D eigenvalue weighted by atomic mass is 16.3. The van der Waals surface area contributed by atoms with Gasteiger partial charge in [-0.1, -0.05) is 0 Å². The second-order valence-electron chi connectivity index (χ2n) is 2.93. The van der Waals surface area contributed by atoms with Crippen LogP contribution in [-0.4, -0.2) is 29.2 Å². The van der Waals surface area contributed by atoms with Crippen LogP contribution in [0.25, 0.3) is 0 Å². The van der Waals surface area contributed by atoms with Gasteiger partial charge < -0.3 is 16.2 Å². The quantitative estimate of drug-likeness (QED) is 0.507. The molecule has 4 heteroatoms. The summed E-state index contributed by atoms with van der Waals surface area (Å²) >= 11 is 0. The molecule has 0 aromatic rings. The summed E-state index contributed by atoms with van der Waals surface area (Å²) in [4.78, 5) is 11.0. The topological polar surface area (TPSA) is 75.4 Å². The van der Waals surface area contributed by atoms with Gasteiger partial charge in [-0.3, -0.25) is 4.79 Å². The van der Waals surface area contributed by atoms with Crippen LogP contribution in [-0.2, 0) is 4.79 Å². The third-order valence-corrected chi connectivity index (χ3v) is 1.25. The first-order chi connectivity index (χ1) is 4.95. The fraction of sp³-hybridized carbons (Fsp3) is 0.857. The van der Waals surface area contributed by atoms with Crippen LogP contribution < -0.4 is 11.1 Å². The van der Waals surface area contributed by atoms with Gasteiger partial charge in [-0.25, -0.2) is 0 Å². The average molecular weight is 160 g/mol. The largest absolute Gasteiger partial charge is 0.391 e. The highest BCUT2D eigenvalue weighted by Crippen LogP contribution is 1.89. The van der Waals surface area contributed by atoms with E-state index in [-0.39, 0.29) is 11.9 Å². The van der Waals surface area contributed by atoms with Crippen molar-refractivity contribution in [2.75, 3.05) is 0 Å². The number of amides is 1. The molecular formula is C7H16N2O2. The van der Waals surface area contributed by atoms with Gasteiger partial charge in [-0.15, -0.1) is 0 Å². The first-order valence-electron chi connectivity index (χ1n) is 3.69. The van der Waals surface area contributed by atoms with Crippen molar-refractivity contribution in [3.8, 4) is 0 Å². The highest BCUT2D eigenvalue weighted by molar-refractivity contribution is 5.82. The number of aliphatic hydroxyl groups is 1. The van der Waals surface area contributed by atoms with Crippen LogP contribution in [0.15, 0.2) is 0 Å². The highest BCUT2D eigenvalue weighted by Gasteiger charge is 2.18. The summed E-state index contributed by atoms with van der Waals surface area (Å²) in [6, 6.07) is -0.760. The van der Waals surface area contributed by atoms with Gasteiger partial charge in [0, 0.05) is 6.04 Å². The minimum absolute atomic E-state index is 0.0623. The molecule has 4 nitrogen and oxygen atoms in total. The van der Waals surface area contributed by atoms with E-state index >= 15 is 0 Å². The molecule has 0 rings (SSSR count). The summed E-state index contributed by atoms with van der Waals surface area (Å²) in [6.45, 7) is 5.17. The fourth-order valence-electron chi connectivity index (χ4n) is 0.600. The van der Waals surface area contributed by atoms with Gasteiger partial charge in [0.1, 0.15) is 6.04 Å². The van der Waals surface area contributed by atoms with Gasteiger partial charge in [-0.05, 0) is 20.8 Å². The van der Waals surface area contributed by atoms with Crippen molar-refractivity contribution in [1.82, 2.24) is 5.32 Å². The van der Waals surface area contributed by atoms with Crippen LogP contribution in [0.5, 0.6) is 0 Å². The van der Waals surface area contributed by atoms with E-state index < -0.39 is 12.1 Å². The monoisotopic (exact) mass is 160 g/mol. The van der Waals surface area contributed by atoms with Gasteiger partial charge in [-0.2, -0.15) is 0 Å². The molecule has 0 heterocycles. The summed E-state index contributed by atoms with van der Waals surface area (Å²) in [7, 11) is 0. The van der Waals surface area contributed by atoms with E-state index in [1.54, 1.807) is 0 Å². The Bertz CT molecular complexity index is 134. The molecule has 4 N–H and O–H groups in total. The molecule has 0 aromatic carbocycles. The first-order valence-corrected chi connectivity index (χ1v) is 3.69. The van der Waals surface area contributed by atoms with Crippen molar-refractivity contribution in [1.29, 1.82) is 0 Å². The van der Waals surface area contributed by atoms with E-state index in [9.17, 15) is 4.79 Å². The molecule has 0 saturated carbocycles. The normalized spacial score (nSPS) is 16.2. The second kappa shape index (κ2) is 4.31. The van der Waals surface area contributed by atoms with Gasteiger partial charge in [0.05, 0.1) is 6.10 Å². The number of rotatable bonds is 3. The van der Waals surface area contributed by atoms with E-state index in [1.807, 2.05) is 13.8 Å². The maximum Gasteiger partial charge on any atom is 0.239 e. The molecule has 2 atom stereocenters. The number of nitrogens with one attached hydrogen (secondary N) is 1. The molecule has 0 fully saturated rings. The summed E-state index contributed by atoms with van der Waals surface area (Å²) < 4.78 is 0. The number of carbonyl (C=O) groups is 1. The van der Waals surface area contributed by atoms with E-state index in [0.29, 0.717) is 0 Å². The molecular weight excluding hydrogens is 144 g/mol. The Morgan fingerprint density at radius 1 is 1.45 bits per heavy atom. The third-order valence-electron chi connectivity index (χ3n) is 1.25. The maximum atomic E-state index is 11.0. The second-order valence-corrected chi connectivity index (χ2v) is 2.93. The predicted molar refractivity (Wildman–Crippen MR) is 42.9 cm³/mol. The minimum Gasteiger partial charge on any atom is -0.391 e. The van der Waals surface area contributed by atoms with Crippen molar-refractivity contribution in [2.24, 2.45) is 5.73 Å². The Labute approximate surface area is 66.8 Å². The standard InChI is InChI=1S/C7H16N2O2/c1-4(2)9-7(11)6(8)5(3)10/h4-6,10H,8H2,1-3H3,(H,9,11)/t5-,6+/m1/s1. The molecule has 1 amide bonds. The van der Waals surface area contributed by atoms with Crippen LogP contribution in [0.4, 0.5) is 0 Å². The zero-order valence-electron chi connectivity index (χ0n) is 7.16. The fourth-order valence-corrected chi connectivity index (χ4v) is 0.600. The zero-order chi connectivity index (χ0) is 9.02. The molecule has 0 bridgehead atoms. The number of nitrogens with two attached hydrogens (primary N) is 1. The molecule has 0 aliphatic rings. The molecule has 0 unspecified atom stereocenters. The summed E-state index contributed by atoms with van der Waals surface area (Å²) in [6.07, 6.45) is -0.797. The number of aliphatic hydroxyl groups excluding tert-OH is 1. The van der Waals surface area contributed by atoms with Crippen molar-refractivity contribution in [3.63, 3.8) is 0 Å². The lowest BCUT2D eigenvalue weighted by Gasteiger charge is -2.16. The van der Waals surface area contributed by atoms with Gasteiger partial charge in [0.15, 0.2) is 0 Å². The minimum atomic E-state index is -0.822. The van der Waals surface area contributed by atoms with Crippen LogP contribution in [0, 0.1) is 0 Å². The zero-order valence-corrected chi connectivity index (χ0v) is 7.16. The van der Waals surface area contributed by atoms with Gasteiger partial charge in [0.2, 0.25) is 5.91 Å². The molecule has 11 heavy (non-hydrogen) atoms. The van der Waals surface area contributed by atoms with Crippen molar-refractivity contribution in [2.45, 2.75) is 39.0 Å². The van der Waals surface area contributed by atoms with Crippen molar-refractivity contribution >= 4 is 5.91 Å². The molecule has 0 aliphatic heterocycles. The lowest BCUT2D eigenvalue weighted by Crippen LogP contribution is -2.49. The Hall–Kier alpha value is -0.610. The lowest BCUT2D eigenvalue weighted by atomic mass is 10.2. The molecule has 66 valence electrons. The Morgan fingerprint density at radius 2 is 1.91 bits per heavy atom. The summed E-state index contributed by atoms with van der Waals surface area (Å²) in [5, 5.41) is 11.5. The smallest absolute Gasteiger partial charge is 0.239 e. The van der Waals surface area contributed by atoms with Crippen LogP contribution in [0.2, 0.25) is 0 Å². The van der Waals surface area contributed by atoms with Crippen molar-refractivity contribution in [3.05, 3.63) is 0 Å². The molecule has 0 saturated heterocycles. The molecule has 0 aromatic heterocycles. The summed E-state index contributed by atoms with van der Waals surface area (Å²) in [5.74, 6) is -0.310. The Kier molecular flexibility index (Phi) is 4.07. The predicted octanol–water partition coefficient (Wildman–Crippen LogP) is -0.781. The molecule has 0 radical (unpaired) electrons. The number of hydrogen-bond donors (Lipinski definition) is 3. The first kappa shape index (κ1) is 10.4. The third kappa shape index (κ3) is 3.95. The Balaban J connectivity index is 3.83. The van der Waals surface area contributed by atoms with E-state index in [0.717, 1.165) is 0 Å². The van der Waals surface area contributed by atoms with E-state index in [2.05, 4.69) is 5.32 Å². The average Bonchev–Trinajstić information content (AvgIpc) is 1.84. The van der Waals surface area contributed by atoms with Crippen LogP contribution in [0.1, 0.15) is 20.8 Å².